The van der Waals surface area contributed by atoms with Gasteiger partial charge in [0.15, 0.2) is 0 Å². The summed E-state index contributed by atoms with van der Waals surface area (Å²) in [4.78, 5) is 16.5. The van der Waals surface area contributed by atoms with Gasteiger partial charge in [0, 0.05) is 6.20 Å². The van der Waals surface area contributed by atoms with Crippen LogP contribution in [0.1, 0.15) is 15.2 Å². The third-order valence-electron chi connectivity index (χ3n) is 1.93. The van der Waals surface area contributed by atoms with Crippen molar-refractivity contribution in [3.05, 3.63) is 44.8 Å². The van der Waals surface area contributed by atoms with Crippen molar-refractivity contribution in [1.29, 1.82) is 0 Å². The molecule has 0 aliphatic rings. The van der Waals surface area contributed by atoms with E-state index in [9.17, 15) is 4.79 Å². The van der Waals surface area contributed by atoms with Crippen LogP contribution < -0.4 is 5.32 Å². The van der Waals surface area contributed by atoms with Crippen molar-refractivity contribution >= 4 is 38.9 Å². The zero-order valence-corrected chi connectivity index (χ0v) is 10.9. The van der Waals surface area contributed by atoms with Gasteiger partial charge in [-0.05, 0) is 46.6 Å². The summed E-state index contributed by atoms with van der Waals surface area (Å²) < 4.78 is 0.944. The van der Waals surface area contributed by atoms with Gasteiger partial charge < -0.3 is 5.32 Å². The predicted octanol–water partition coefficient (Wildman–Crippen LogP) is 3.47. The van der Waals surface area contributed by atoms with E-state index in [1.165, 1.54) is 11.3 Å². The summed E-state index contributed by atoms with van der Waals surface area (Å²) in [6, 6.07) is 5.52. The smallest absolute Gasteiger partial charge is 0.265 e. The van der Waals surface area contributed by atoms with Crippen molar-refractivity contribution in [1.82, 2.24) is 4.98 Å². The molecule has 82 valence electrons. The Kier molecular flexibility index (Phi) is 3.36. The number of anilines is 1. The van der Waals surface area contributed by atoms with Crippen LogP contribution in [0.15, 0.2) is 34.4 Å². The van der Waals surface area contributed by atoms with Crippen molar-refractivity contribution in [2.75, 3.05) is 5.32 Å². The lowest BCUT2D eigenvalue weighted by atomic mass is 10.3. The van der Waals surface area contributed by atoms with Crippen LogP contribution >= 0.6 is 27.3 Å². The third-order valence-corrected chi connectivity index (χ3v) is 3.55. The average Bonchev–Trinajstić information content (AvgIpc) is 2.65. The first-order valence-electron chi connectivity index (χ1n) is 4.63. The molecule has 5 heteroatoms. The number of aryl methyl sites for hydroxylation is 1. The lowest BCUT2D eigenvalue weighted by Gasteiger charge is -2.03. The molecule has 3 nitrogen and oxygen atoms in total. The molecular formula is C11H9BrN2OS. The maximum Gasteiger partial charge on any atom is 0.265 e. The van der Waals surface area contributed by atoms with Gasteiger partial charge in [-0.15, -0.1) is 11.3 Å². The minimum Gasteiger partial charge on any atom is -0.320 e. The summed E-state index contributed by atoms with van der Waals surface area (Å²) in [6.07, 6.45) is 3.38. The first kappa shape index (κ1) is 11.3. The summed E-state index contributed by atoms with van der Waals surface area (Å²) in [5.74, 6) is -0.108. The van der Waals surface area contributed by atoms with Gasteiger partial charge in [-0.25, -0.2) is 0 Å². The van der Waals surface area contributed by atoms with Crippen LogP contribution in [0.3, 0.4) is 0 Å². The summed E-state index contributed by atoms with van der Waals surface area (Å²) in [5.41, 5.74) is 1.74. The highest BCUT2D eigenvalue weighted by Crippen LogP contribution is 2.22. The van der Waals surface area contributed by atoms with E-state index in [1.807, 2.05) is 19.1 Å². The Bertz CT molecular complexity index is 524. The van der Waals surface area contributed by atoms with Gasteiger partial charge in [0.05, 0.1) is 20.5 Å². The number of pyridine rings is 1. The Balaban J connectivity index is 2.13. The molecule has 0 saturated heterocycles. The Hall–Kier alpha value is -1.20. The molecule has 0 unspecified atom stereocenters. The molecular weight excluding hydrogens is 288 g/mol. The summed E-state index contributed by atoms with van der Waals surface area (Å²) in [7, 11) is 0. The average molecular weight is 297 g/mol. The maximum atomic E-state index is 11.8. The third kappa shape index (κ3) is 2.68. The zero-order valence-electron chi connectivity index (χ0n) is 8.53. The molecule has 0 aliphatic heterocycles. The topological polar surface area (TPSA) is 42.0 Å². The van der Waals surface area contributed by atoms with Crippen LogP contribution in [0.2, 0.25) is 0 Å². The van der Waals surface area contributed by atoms with Crippen LogP contribution in [0.5, 0.6) is 0 Å². The van der Waals surface area contributed by atoms with Crippen molar-refractivity contribution in [2.45, 2.75) is 6.92 Å². The molecule has 16 heavy (non-hydrogen) atoms. The van der Waals surface area contributed by atoms with E-state index in [4.69, 9.17) is 0 Å². The molecule has 0 radical (unpaired) electrons. The van der Waals surface area contributed by atoms with Crippen LogP contribution in [0.25, 0.3) is 0 Å². The Labute approximate surface area is 106 Å². The van der Waals surface area contributed by atoms with Crippen molar-refractivity contribution in [3.8, 4) is 0 Å². The van der Waals surface area contributed by atoms with Crippen molar-refractivity contribution in [2.24, 2.45) is 0 Å². The van der Waals surface area contributed by atoms with Crippen LogP contribution in [-0.2, 0) is 0 Å². The van der Waals surface area contributed by atoms with Gasteiger partial charge in [-0.3, -0.25) is 9.78 Å². The van der Waals surface area contributed by atoms with Crippen LogP contribution in [-0.4, -0.2) is 10.9 Å². The van der Waals surface area contributed by atoms with E-state index < -0.39 is 0 Å². The number of carbonyl (C=O) groups excluding carboxylic acids is 1. The maximum absolute atomic E-state index is 11.8. The number of aromatic nitrogens is 1. The second kappa shape index (κ2) is 4.76. The molecule has 2 rings (SSSR count). The molecule has 2 aromatic heterocycles. The minimum atomic E-state index is -0.108. The molecule has 0 saturated carbocycles. The number of nitrogens with one attached hydrogen (secondary N) is 1. The molecule has 2 heterocycles. The number of hydrogen-bond acceptors (Lipinski definition) is 3. The lowest BCUT2D eigenvalue weighted by Crippen LogP contribution is -2.10. The van der Waals surface area contributed by atoms with Gasteiger partial charge >= 0.3 is 0 Å². The number of thiophene rings is 1. The Morgan fingerprint density at radius 1 is 1.44 bits per heavy atom. The fraction of sp³-hybridized carbons (Fsp3) is 0.0909. The van der Waals surface area contributed by atoms with Gasteiger partial charge in [0.1, 0.15) is 0 Å². The van der Waals surface area contributed by atoms with E-state index in [0.717, 1.165) is 15.0 Å². The first-order valence-corrected chi connectivity index (χ1v) is 6.24. The fourth-order valence-corrected chi connectivity index (χ4v) is 2.53. The number of hydrogen-bond donors (Lipinski definition) is 1. The Morgan fingerprint density at radius 3 is 2.88 bits per heavy atom. The number of rotatable bonds is 2. The molecule has 0 aliphatic carbocycles. The van der Waals surface area contributed by atoms with Gasteiger partial charge in [0.25, 0.3) is 5.91 Å². The standard InChI is InChI=1S/C11H9BrN2OS/c1-7-4-8(6-13-5-7)14-11(15)9-2-3-10(12)16-9/h2-6H,1H3,(H,14,15). The SMILES string of the molecule is Cc1cncc(NC(=O)c2ccc(Br)s2)c1. The number of amides is 1. The monoisotopic (exact) mass is 296 g/mol. The number of carbonyl (C=O) groups is 1. The quantitative estimate of drug-likeness (QED) is 0.922. The summed E-state index contributed by atoms with van der Waals surface area (Å²) in [6.45, 7) is 1.93. The predicted molar refractivity (Wildman–Crippen MR) is 68.9 cm³/mol. The number of nitrogens with zero attached hydrogens (tertiary/aromatic N) is 1. The molecule has 0 bridgehead atoms. The highest BCUT2D eigenvalue weighted by molar-refractivity contribution is 9.11. The van der Waals surface area contributed by atoms with Crippen LogP contribution in [0, 0.1) is 6.92 Å². The van der Waals surface area contributed by atoms with Gasteiger partial charge in [0.2, 0.25) is 0 Å². The molecule has 0 aromatic carbocycles. The molecule has 1 N–H and O–H groups in total. The minimum absolute atomic E-state index is 0.108. The number of halogens is 1. The normalized spacial score (nSPS) is 10.1. The van der Waals surface area contributed by atoms with Crippen molar-refractivity contribution in [3.63, 3.8) is 0 Å². The van der Waals surface area contributed by atoms with Gasteiger partial charge in [-0.1, -0.05) is 0 Å². The van der Waals surface area contributed by atoms with E-state index >= 15 is 0 Å². The van der Waals surface area contributed by atoms with E-state index in [2.05, 4.69) is 26.2 Å². The van der Waals surface area contributed by atoms with E-state index in [-0.39, 0.29) is 5.91 Å². The van der Waals surface area contributed by atoms with E-state index in [1.54, 1.807) is 18.5 Å². The largest absolute Gasteiger partial charge is 0.320 e. The second-order valence-corrected chi connectivity index (χ2v) is 5.77. The second-order valence-electron chi connectivity index (χ2n) is 3.31. The van der Waals surface area contributed by atoms with E-state index in [0.29, 0.717) is 4.88 Å². The highest BCUT2D eigenvalue weighted by Gasteiger charge is 2.08. The van der Waals surface area contributed by atoms with Crippen molar-refractivity contribution < 1.29 is 4.79 Å². The first-order chi connectivity index (χ1) is 7.65. The molecule has 2 aromatic rings. The molecule has 1 amide bonds. The zero-order chi connectivity index (χ0) is 11.5. The van der Waals surface area contributed by atoms with Crippen LogP contribution in [0.4, 0.5) is 5.69 Å². The highest BCUT2D eigenvalue weighted by atomic mass is 79.9. The summed E-state index contributed by atoms with van der Waals surface area (Å²) in [5, 5.41) is 2.80. The summed E-state index contributed by atoms with van der Waals surface area (Å²) >= 11 is 4.73. The molecule has 0 spiro atoms. The fourth-order valence-electron chi connectivity index (χ4n) is 1.25. The lowest BCUT2D eigenvalue weighted by molar-refractivity contribution is 0.103. The van der Waals surface area contributed by atoms with Gasteiger partial charge in [-0.2, -0.15) is 0 Å². The molecule has 0 fully saturated rings. The molecule has 0 atom stereocenters. The Morgan fingerprint density at radius 2 is 2.25 bits per heavy atom.